The summed E-state index contributed by atoms with van der Waals surface area (Å²) in [5, 5.41) is 2.31. The van der Waals surface area contributed by atoms with Crippen LogP contribution in [0.4, 0.5) is 25.0 Å². The van der Waals surface area contributed by atoms with Gasteiger partial charge in [0.05, 0.1) is 14.2 Å². The predicted octanol–water partition coefficient (Wildman–Crippen LogP) is 3.96. The number of methoxy groups -OCH3 is 2. The first-order chi connectivity index (χ1) is 23.8. The summed E-state index contributed by atoms with van der Waals surface area (Å²) in [5.74, 6) is -2.08. The average Bonchev–Trinajstić information content (AvgIpc) is 3.09. The van der Waals surface area contributed by atoms with Crippen LogP contribution in [0.2, 0.25) is 0 Å². The summed E-state index contributed by atoms with van der Waals surface area (Å²) in [6.45, 7) is 0. The number of ether oxygens (including phenoxy) is 2. The Hall–Kier alpha value is -5.54. The minimum Gasteiger partial charge on any atom is -0.497 e. The monoisotopic (exact) mass is 709 g/mol. The summed E-state index contributed by atoms with van der Waals surface area (Å²) in [6.07, 6.45) is -0.460. The minimum absolute atomic E-state index is 0.0281. The molecule has 0 spiro atoms. The first kappa shape index (κ1) is 37.3. The minimum atomic E-state index is -4.75. The van der Waals surface area contributed by atoms with Gasteiger partial charge in [0.15, 0.2) is 0 Å². The van der Waals surface area contributed by atoms with Gasteiger partial charge >= 0.3 is 16.2 Å². The third kappa shape index (κ3) is 10.2. The largest absolute Gasteiger partial charge is 0.497 e. The normalized spacial score (nSPS) is 12.3. The molecule has 0 aromatic heterocycles. The number of anilines is 2. The molecule has 0 fully saturated rings. The molecular formula is C35H37F2N5O7S. The Bertz CT molecular complexity index is 1880. The number of urea groups is 1. The van der Waals surface area contributed by atoms with Crippen molar-refractivity contribution in [2.24, 2.45) is 0 Å². The van der Waals surface area contributed by atoms with Gasteiger partial charge in [-0.05, 0) is 78.2 Å². The Morgan fingerprint density at radius 3 is 1.62 bits per heavy atom. The van der Waals surface area contributed by atoms with Crippen LogP contribution in [-0.4, -0.2) is 66.7 Å². The summed E-state index contributed by atoms with van der Waals surface area (Å²) < 4.78 is 69.1. The number of halogens is 2. The molecule has 12 nitrogen and oxygen atoms in total. The lowest BCUT2D eigenvalue weighted by molar-refractivity contribution is -0.120. The highest BCUT2D eigenvalue weighted by atomic mass is 32.2. The van der Waals surface area contributed by atoms with Gasteiger partial charge in [-0.15, -0.1) is 0 Å². The van der Waals surface area contributed by atoms with Gasteiger partial charge in [-0.1, -0.05) is 30.3 Å². The fraction of sp³-hybridized carbons (Fsp3) is 0.229. The Balaban J connectivity index is 1.55. The molecule has 1 unspecified atom stereocenters. The molecule has 0 saturated heterocycles. The molecular weight excluding hydrogens is 672 g/mol. The zero-order chi connectivity index (χ0) is 36.4. The Labute approximate surface area is 289 Å². The lowest BCUT2D eigenvalue weighted by atomic mass is 10.0. The van der Waals surface area contributed by atoms with E-state index in [1.807, 2.05) is 0 Å². The van der Waals surface area contributed by atoms with E-state index in [0.717, 1.165) is 12.1 Å². The van der Waals surface area contributed by atoms with Gasteiger partial charge < -0.3 is 24.6 Å². The van der Waals surface area contributed by atoms with Gasteiger partial charge in [0, 0.05) is 38.0 Å². The number of likely N-dealkylation sites (N-methyl/N-ethyl adjacent to an activating group) is 2. The molecule has 4 aromatic rings. The zero-order valence-corrected chi connectivity index (χ0v) is 28.5. The molecule has 2 atom stereocenters. The quantitative estimate of drug-likeness (QED) is 0.180. The molecule has 0 saturated carbocycles. The summed E-state index contributed by atoms with van der Waals surface area (Å²) in [6, 6.07) is 20.0. The van der Waals surface area contributed by atoms with Crippen LogP contribution in [0.25, 0.3) is 0 Å². The first-order valence-electron chi connectivity index (χ1n) is 15.2. The van der Waals surface area contributed by atoms with Gasteiger partial charge in [0.1, 0.15) is 35.2 Å². The summed E-state index contributed by atoms with van der Waals surface area (Å²) in [7, 11) is 1.11. The number of carbonyl (C=O) groups is 3. The number of hydrogen-bond acceptors (Lipinski definition) is 7. The van der Waals surface area contributed by atoms with Gasteiger partial charge in [0.25, 0.3) is 0 Å². The van der Waals surface area contributed by atoms with Crippen molar-refractivity contribution in [3.05, 3.63) is 120 Å². The zero-order valence-electron chi connectivity index (χ0n) is 27.7. The lowest BCUT2D eigenvalue weighted by Crippen LogP contribution is -2.57. The topological polar surface area (TPSA) is 146 Å². The van der Waals surface area contributed by atoms with E-state index in [0.29, 0.717) is 34.5 Å². The SMILES string of the molecule is COc1ccc(N(C)C(=O)C(Cc2cc(F)cc(F)c2)NC(=O)NS(=O)(=O)N[C@@H](Cc2ccccc2)C(=O)N(C)c2ccc(OC)cc2)cc1. The maximum absolute atomic E-state index is 14.0. The van der Waals surface area contributed by atoms with Crippen molar-refractivity contribution in [3.63, 3.8) is 0 Å². The summed E-state index contributed by atoms with van der Waals surface area (Å²) in [5.41, 5.74) is 1.51. The molecule has 0 bridgehead atoms. The first-order valence-corrected chi connectivity index (χ1v) is 16.7. The third-order valence-corrected chi connectivity index (χ3v) is 8.70. The number of rotatable bonds is 14. The molecule has 3 N–H and O–H groups in total. The average molecular weight is 710 g/mol. The van der Waals surface area contributed by atoms with Crippen LogP contribution >= 0.6 is 0 Å². The van der Waals surface area contributed by atoms with Gasteiger partial charge in [-0.2, -0.15) is 13.1 Å². The van der Waals surface area contributed by atoms with Crippen LogP contribution in [0.15, 0.2) is 97.1 Å². The maximum Gasteiger partial charge on any atom is 0.330 e. The molecule has 264 valence electrons. The van der Waals surface area contributed by atoms with E-state index < -0.39 is 58.2 Å². The number of benzene rings is 4. The van der Waals surface area contributed by atoms with Gasteiger partial charge in [0.2, 0.25) is 11.8 Å². The van der Waals surface area contributed by atoms with E-state index in [1.54, 1.807) is 83.6 Å². The Morgan fingerprint density at radius 2 is 1.14 bits per heavy atom. The van der Waals surface area contributed by atoms with Crippen molar-refractivity contribution >= 4 is 39.4 Å². The molecule has 0 aliphatic heterocycles. The molecule has 0 radical (unpaired) electrons. The highest BCUT2D eigenvalue weighted by molar-refractivity contribution is 7.88. The smallest absolute Gasteiger partial charge is 0.330 e. The number of carbonyl (C=O) groups excluding carboxylic acids is 3. The van der Waals surface area contributed by atoms with Crippen LogP contribution in [0.5, 0.6) is 11.5 Å². The molecule has 0 aliphatic rings. The van der Waals surface area contributed by atoms with E-state index in [-0.39, 0.29) is 12.0 Å². The van der Waals surface area contributed by atoms with Crippen LogP contribution < -0.4 is 34.0 Å². The Kier molecular flexibility index (Phi) is 12.5. The molecule has 4 amide bonds. The second-order valence-electron chi connectivity index (χ2n) is 11.2. The highest BCUT2D eigenvalue weighted by Crippen LogP contribution is 2.21. The van der Waals surface area contributed by atoms with Crippen molar-refractivity contribution < 1.29 is 41.1 Å². The van der Waals surface area contributed by atoms with E-state index in [2.05, 4.69) is 10.0 Å². The van der Waals surface area contributed by atoms with Crippen LogP contribution in [0.1, 0.15) is 11.1 Å². The summed E-state index contributed by atoms with van der Waals surface area (Å²) >= 11 is 0. The molecule has 0 heterocycles. The molecule has 4 aromatic carbocycles. The van der Waals surface area contributed by atoms with E-state index in [1.165, 1.54) is 38.1 Å². The predicted molar refractivity (Wildman–Crippen MR) is 184 cm³/mol. The molecule has 50 heavy (non-hydrogen) atoms. The van der Waals surface area contributed by atoms with E-state index >= 15 is 0 Å². The second-order valence-corrected chi connectivity index (χ2v) is 12.6. The standard InChI is InChI=1S/C35H37F2N5O7S/c1-41(27-10-14-29(48-3)15-11-27)33(43)31(21-24-18-25(36)22-26(37)19-24)38-35(45)40-50(46,47)39-32(20-23-8-6-5-7-9-23)34(44)42(2)28-12-16-30(49-4)17-13-28/h5-19,22,31-32,39H,20-21H2,1-4H3,(H2,38,40,45)/t31?,32-/m0/s1. The summed E-state index contributed by atoms with van der Waals surface area (Å²) in [4.78, 5) is 42.9. The number of nitrogens with one attached hydrogen (secondary N) is 3. The second kappa shape index (κ2) is 16.7. The fourth-order valence-corrected chi connectivity index (χ4v) is 5.97. The van der Waals surface area contributed by atoms with Gasteiger partial charge in [-0.3, -0.25) is 9.59 Å². The lowest BCUT2D eigenvalue weighted by Gasteiger charge is -2.26. The van der Waals surface area contributed by atoms with Crippen molar-refractivity contribution in [1.29, 1.82) is 0 Å². The number of amides is 4. The van der Waals surface area contributed by atoms with Crippen molar-refractivity contribution in [2.75, 3.05) is 38.1 Å². The highest BCUT2D eigenvalue weighted by Gasteiger charge is 2.31. The number of hydrogen-bond donors (Lipinski definition) is 3. The number of nitrogens with zero attached hydrogens (tertiary/aromatic N) is 2. The molecule has 4 rings (SSSR count). The van der Waals surface area contributed by atoms with Crippen LogP contribution in [-0.2, 0) is 32.6 Å². The van der Waals surface area contributed by atoms with Crippen molar-refractivity contribution in [1.82, 2.24) is 14.8 Å². The Morgan fingerprint density at radius 1 is 0.680 bits per heavy atom. The molecule has 15 heteroatoms. The maximum atomic E-state index is 14.0. The van der Waals surface area contributed by atoms with Crippen LogP contribution in [0.3, 0.4) is 0 Å². The van der Waals surface area contributed by atoms with Gasteiger partial charge in [-0.25, -0.2) is 18.3 Å². The van der Waals surface area contributed by atoms with Crippen molar-refractivity contribution in [2.45, 2.75) is 24.9 Å². The van der Waals surface area contributed by atoms with Crippen molar-refractivity contribution in [3.8, 4) is 11.5 Å². The van der Waals surface area contributed by atoms with Crippen LogP contribution in [0, 0.1) is 11.6 Å². The molecule has 0 aliphatic carbocycles. The van der Waals surface area contributed by atoms with E-state index in [9.17, 15) is 31.6 Å². The fourth-order valence-electron chi connectivity index (χ4n) is 5.05. The third-order valence-electron chi connectivity index (χ3n) is 7.65. The van der Waals surface area contributed by atoms with E-state index in [4.69, 9.17) is 9.47 Å².